The lowest BCUT2D eigenvalue weighted by Gasteiger charge is -2.09. The molecule has 1 aliphatic carbocycles. The van der Waals surface area contributed by atoms with Crippen molar-refractivity contribution in [2.75, 3.05) is 26.3 Å². The van der Waals surface area contributed by atoms with Crippen LogP contribution >= 0.6 is 0 Å². The third-order valence-corrected chi connectivity index (χ3v) is 3.32. The molecule has 2 amide bonds. The molecule has 3 N–H and O–H groups in total. The van der Waals surface area contributed by atoms with Gasteiger partial charge in [0.15, 0.2) is 6.61 Å². The summed E-state index contributed by atoms with van der Waals surface area (Å²) in [7, 11) is 0. The number of carbonyl (C=O) groups excluding carboxylic acids is 3. The van der Waals surface area contributed by atoms with Crippen LogP contribution in [0.2, 0.25) is 0 Å². The molecular formula is C16H30N2O5. The fraction of sp³-hybridized carbons (Fsp3) is 0.812. The molecule has 0 spiro atoms. The minimum absolute atomic E-state index is 0.0315. The van der Waals surface area contributed by atoms with Gasteiger partial charge in [-0.3, -0.25) is 14.4 Å². The van der Waals surface area contributed by atoms with Crippen LogP contribution < -0.4 is 10.6 Å². The summed E-state index contributed by atoms with van der Waals surface area (Å²) in [5.74, 6) is -0.682. The van der Waals surface area contributed by atoms with Gasteiger partial charge in [0.05, 0.1) is 5.92 Å². The summed E-state index contributed by atoms with van der Waals surface area (Å²) in [5, 5.41) is 13.3. The number of aliphatic hydroxyl groups is 1. The first-order valence-electron chi connectivity index (χ1n) is 8.35. The second-order valence-corrected chi connectivity index (χ2v) is 5.45. The molecule has 0 radical (unpaired) electrons. The lowest BCUT2D eigenvalue weighted by molar-refractivity contribution is -0.152. The molecule has 1 aliphatic rings. The van der Waals surface area contributed by atoms with Crippen molar-refractivity contribution in [3.05, 3.63) is 0 Å². The van der Waals surface area contributed by atoms with E-state index in [2.05, 4.69) is 10.6 Å². The van der Waals surface area contributed by atoms with Gasteiger partial charge in [0.1, 0.15) is 6.61 Å². The quantitative estimate of drug-likeness (QED) is 0.570. The van der Waals surface area contributed by atoms with E-state index in [1.54, 1.807) is 0 Å². The van der Waals surface area contributed by atoms with E-state index in [-0.39, 0.29) is 30.3 Å². The van der Waals surface area contributed by atoms with Crippen LogP contribution in [0.1, 0.15) is 52.4 Å². The van der Waals surface area contributed by atoms with Crippen LogP contribution in [0.15, 0.2) is 0 Å². The first-order valence-corrected chi connectivity index (χ1v) is 8.35. The standard InChI is InChI=1S/C11H19NO3.C5H11NO2/c1-2-7-12-10(13)8-15-11(14)9-5-3-4-6-9;1-2-3-6-5(8)4-7/h9H,2-8H2,1H3,(H,12,13);7H,2-4H2,1H3,(H,6,8). The predicted molar refractivity (Wildman–Crippen MR) is 86.6 cm³/mol. The molecule has 0 aromatic carbocycles. The Bertz CT molecular complexity index is 354. The number of hydrogen-bond donors (Lipinski definition) is 3. The first kappa shape index (κ1) is 21.4. The highest BCUT2D eigenvalue weighted by Gasteiger charge is 2.24. The minimum Gasteiger partial charge on any atom is -0.455 e. The van der Waals surface area contributed by atoms with Crippen molar-refractivity contribution >= 4 is 17.8 Å². The molecule has 1 fully saturated rings. The Morgan fingerprint density at radius 3 is 2.00 bits per heavy atom. The maximum Gasteiger partial charge on any atom is 0.309 e. The Kier molecular flexibility index (Phi) is 13.0. The van der Waals surface area contributed by atoms with Crippen LogP contribution in [0.5, 0.6) is 0 Å². The van der Waals surface area contributed by atoms with Crippen LogP contribution in [0.3, 0.4) is 0 Å². The molecule has 134 valence electrons. The van der Waals surface area contributed by atoms with Crippen LogP contribution in [0.25, 0.3) is 0 Å². The molecule has 23 heavy (non-hydrogen) atoms. The first-order chi connectivity index (χ1) is 11.0. The zero-order chi connectivity index (χ0) is 17.5. The van der Waals surface area contributed by atoms with Crippen molar-refractivity contribution in [1.29, 1.82) is 0 Å². The molecule has 7 nitrogen and oxygen atoms in total. The molecule has 0 heterocycles. The molecule has 0 aliphatic heterocycles. The summed E-state index contributed by atoms with van der Waals surface area (Å²) < 4.78 is 4.93. The van der Waals surface area contributed by atoms with E-state index >= 15 is 0 Å². The summed E-state index contributed by atoms with van der Waals surface area (Å²) >= 11 is 0. The zero-order valence-corrected chi connectivity index (χ0v) is 14.2. The van der Waals surface area contributed by atoms with Gasteiger partial charge in [-0.25, -0.2) is 0 Å². The van der Waals surface area contributed by atoms with Gasteiger partial charge >= 0.3 is 5.97 Å². The van der Waals surface area contributed by atoms with Crippen molar-refractivity contribution in [3.8, 4) is 0 Å². The highest BCUT2D eigenvalue weighted by Crippen LogP contribution is 2.25. The fourth-order valence-electron chi connectivity index (χ4n) is 2.05. The second-order valence-electron chi connectivity index (χ2n) is 5.45. The molecule has 0 atom stereocenters. The Morgan fingerprint density at radius 2 is 1.52 bits per heavy atom. The van der Waals surface area contributed by atoms with Crippen molar-refractivity contribution in [3.63, 3.8) is 0 Å². The Balaban J connectivity index is 0.000000515. The van der Waals surface area contributed by atoms with E-state index < -0.39 is 6.61 Å². The van der Waals surface area contributed by atoms with E-state index in [0.29, 0.717) is 13.1 Å². The number of esters is 1. The van der Waals surface area contributed by atoms with Crippen molar-refractivity contribution < 1.29 is 24.2 Å². The Morgan fingerprint density at radius 1 is 1.00 bits per heavy atom. The maximum atomic E-state index is 11.4. The number of nitrogens with one attached hydrogen (secondary N) is 2. The van der Waals surface area contributed by atoms with Crippen LogP contribution in [0, 0.1) is 5.92 Å². The maximum absolute atomic E-state index is 11.4. The SMILES string of the molecule is CCCNC(=O)CO.CCCNC(=O)COC(=O)C1CCCC1. The number of rotatable bonds is 8. The third kappa shape index (κ3) is 11.6. The van der Waals surface area contributed by atoms with Gasteiger partial charge in [-0.2, -0.15) is 0 Å². The third-order valence-electron chi connectivity index (χ3n) is 3.32. The normalized spacial score (nSPS) is 13.7. The Hall–Kier alpha value is -1.63. The molecule has 0 bridgehead atoms. The van der Waals surface area contributed by atoms with Gasteiger partial charge in [-0.05, 0) is 25.7 Å². The van der Waals surface area contributed by atoms with Crippen molar-refractivity contribution in [2.45, 2.75) is 52.4 Å². The van der Waals surface area contributed by atoms with Gasteiger partial charge in [0.2, 0.25) is 5.91 Å². The minimum atomic E-state index is -0.403. The lowest BCUT2D eigenvalue weighted by atomic mass is 10.1. The van der Waals surface area contributed by atoms with E-state index in [0.717, 1.165) is 38.5 Å². The van der Waals surface area contributed by atoms with E-state index in [4.69, 9.17) is 9.84 Å². The number of carbonyl (C=O) groups is 3. The van der Waals surface area contributed by atoms with Gasteiger partial charge in [-0.1, -0.05) is 26.7 Å². The molecule has 0 aromatic heterocycles. The zero-order valence-electron chi connectivity index (χ0n) is 14.2. The molecule has 7 heteroatoms. The van der Waals surface area contributed by atoms with Crippen molar-refractivity contribution in [1.82, 2.24) is 10.6 Å². The number of hydrogen-bond acceptors (Lipinski definition) is 5. The van der Waals surface area contributed by atoms with Gasteiger partial charge < -0.3 is 20.5 Å². The molecule has 1 rings (SSSR count). The molecule has 0 aromatic rings. The molecule has 0 unspecified atom stereocenters. The topological polar surface area (TPSA) is 105 Å². The Labute approximate surface area is 138 Å². The fourth-order valence-corrected chi connectivity index (χ4v) is 2.05. The van der Waals surface area contributed by atoms with Crippen LogP contribution in [-0.2, 0) is 19.1 Å². The number of amides is 2. The average Bonchev–Trinajstić information content (AvgIpc) is 3.10. The van der Waals surface area contributed by atoms with Crippen LogP contribution in [-0.4, -0.2) is 49.2 Å². The van der Waals surface area contributed by atoms with E-state index in [9.17, 15) is 14.4 Å². The number of ether oxygens (including phenoxy) is 1. The van der Waals surface area contributed by atoms with Crippen LogP contribution in [0.4, 0.5) is 0 Å². The summed E-state index contributed by atoms with van der Waals surface area (Å²) in [5.41, 5.74) is 0. The molecule has 1 saturated carbocycles. The van der Waals surface area contributed by atoms with Gasteiger partial charge in [0, 0.05) is 13.1 Å². The largest absolute Gasteiger partial charge is 0.455 e. The summed E-state index contributed by atoms with van der Waals surface area (Å²) in [6.07, 6.45) is 5.82. The highest BCUT2D eigenvalue weighted by atomic mass is 16.5. The summed E-state index contributed by atoms with van der Waals surface area (Å²) in [6, 6.07) is 0. The number of aliphatic hydroxyl groups excluding tert-OH is 1. The highest BCUT2D eigenvalue weighted by molar-refractivity contribution is 5.81. The predicted octanol–water partition coefficient (Wildman–Crippen LogP) is 0.751. The summed E-state index contributed by atoms with van der Waals surface area (Å²) in [6.45, 7) is 4.69. The second kappa shape index (κ2) is 14.0. The monoisotopic (exact) mass is 330 g/mol. The summed E-state index contributed by atoms with van der Waals surface area (Å²) in [4.78, 5) is 32.8. The van der Waals surface area contributed by atoms with E-state index in [1.165, 1.54) is 0 Å². The lowest BCUT2D eigenvalue weighted by Crippen LogP contribution is -2.30. The van der Waals surface area contributed by atoms with Gasteiger partial charge in [0.25, 0.3) is 5.91 Å². The molecular weight excluding hydrogens is 300 g/mol. The smallest absolute Gasteiger partial charge is 0.309 e. The van der Waals surface area contributed by atoms with Crippen molar-refractivity contribution in [2.24, 2.45) is 5.92 Å². The van der Waals surface area contributed by atoms with Gasteiger partial charge in [-0.15, -0.1) is 0 Å². The molecule has 0 saturated heterocycles. The van der Waals surface area contributed by atoms with E-state index in [1.807, 2.05) is 13.8 Å². The average molecular weight is 330 g/mol.